The Morgan fingerprint density at radius 2 is 2.12 bits per heavy atom. The standard InChI is InChI=1S/C9H7BrF3N3O/c1-5-2-3-6(17-4-9(11,12)13)16-7(5)14-8(10)15-16/h2-3H,4H2,1H3. The molecule has 4 nitrogen and oxygen atoms in total. The summed E-state index contributed by atoms with van der Waals surface area (Å²) in [6.45, 7) is 0.423. The second kappa shape index (κ2) is 4.17. The molecule has 0 saturated heterocycles. The van der Waals surface area contributed by atoms with Crippen LogP contribution in [0.2, 0.25) is 0 Å². The van der Waals surface area contributed by atoms with E-state index in [1.54, 1.807) is 13.0 Å². The maximum Gasteiger partial charge on any atom is 0.422 e. The molecule has 0 radical (unpaired) electrons. The number of rotatable bonds is 2. The van der Waals surface area contributed by atoms with Gasteiger partial charge in [-0.1, -0.05) is 6.07 Å². The molecule has 0 aromatic carbocycles. The predicted molar refractivity (Wildman–Crippen MR) is 57.0 cm³/mol. The number of pyridine rings is 1. The van der Waals surface area contributed by atoms with Crippen LogP contribution in [-0.2, 0) is 0 Å². The summed E-state index contributed by atoms with van der Waals surface area (Å²) < 4.78 is 42.3. The molecule has 0 saturated carbocycles. The van der Waals surface area contributed by atoms with Crippen molar-refractivity contribution in [2.24, 2.45) is 0 Å². The Kier molecular flexibility index (Phi) is 2.98. The van der Waals surface area contributed by atoms with E-state index in [4.69, 9.17) is 0 Å². The summed E-state index contributed by atoms with van der Waals surface area (Å²) in [5.74, 6) is 0.00104. The van der Waals surface area contributed by atoms with Gasteiger partial charge in [-0.05, 0) is 28.4 Å². The summed E-state index contributed by atoms with van der Waals surface area (Å²) in [6.07, 6.45) is -4.38. The molecule has 0 bridgehead atoms. The first-order valence-corrected chi connectivity index (χ1v) is 5.37. The number of fused-ring (bicyclic) bond motifs is 1. The summed E-state index contributed by atoms with van der Waals surface area (Å²) in [4.78, 5) is 4.03. The molecular weight excluding hydrogens is 303 g/mol. The number of aryl methyl sites for hydroxylation is 1. The van der Waals surface area contributed by atoms with Gasteiger partial charge in [0, 0.05) is 6.07 Å². The third-order valence-corrected chi connectivity index (χ3v) is 2.34. The van der Waals surface area contributed by atoms with Crippen LogP contribution in [0.25, 0.3) is 5.65 Å². The van der Waals surface area contributed by atoms with Crippen LogP contribution >= 0.6 is 15.9 Å². The van der Waals surface area contributed by atoms with Crippen molar-refractivity contribution in [3.05, 3.63) is 22.4 Å². The van der Waals surface area contributed by atoms with Crippen molar-refractivity contribution in [3.63, 3.8) is 0 Å². The third kappa shape index (κ3) is 2.68. The van der Waals surface area contributed by atoms with Crippen molar-refractivity contribution in [1.82, 2.24) is 14.6 Å². The summed E-state index contributed by atoms with van der Waals surface area (Å²) in [7, 11) is 0. The highest BCUT2D eigenvalue weighted by Crippen LogP contribution is 2.21. The lowest BCUT2D eigenvalue weighted by molar-refractivity contribution is -0.154. The van der Waals surface area contributed by atoms with Gasteiger partial charge in [-0.15, -0.1) is 5.10 Å². The average molecular weight is 310 g/mol. The highest BCUT2D eigenvalue weighted by molar-refractivity contribution is 9.10. The van der Waals surface area contributed by atoms with Gasteiger partial charge in [0.2, 0.25) is 10.6 Å². The smallest absolute Gasteiger partial charge is 0.422 e. The Balaban J connectivity index is 2.38. The second-order valence-electron chi connectivity index (χ2n) is 3.37. The van der Waals surface area contributed by atoms with Crippen molar-refractivity contribution in [1.29, 1.82) is 0 Å². The first-order valence-electron chi connectivity index (χ1n) is 4.58. The average Bonchev–Trinajstić information content (AvgIpc) is 2.58. The molecule has 0 atom stereocenters. The molecule has 0 spiro atoms. The summed E-state index contributed by atoms with van der Waals surface area (Å²) in [6, 6.07) is 3.05. The van der Waals surface area contributed by atoms with Crippen LogP contribution in [0.3, 0.4) is 0 Å². The van der Waals surface area contributed by atoms with Gasteiger partial charge in [-0.3, -0.25) is 0 Å². The van der Waals surface area contributed by atoms with Crippen LogP contribution in [0, 0.1) is 6.92 Å². The maximum atomic E-state index is 12.0. The van der Waals surface area contributed by atoms with E-state index in [-0.39, 0.29) is 5.88 Å². The Labute approximate surface area is 103 Å². The highest BCUT2D eigenvalue weighted by atomic mass is 79.9. The molecule has 17 heavy (non-hydrogen) atoms. The van der Waals surface area contributed by atoms with Crippen molar-refractivity contribution in [2.75, 3.05) is 6.61 Å². The van der Waals surface area contributed by atoms with Gasteiger partial charge < -0.3 is 4.74 Å². The molecule has 92 valence electrons. The van der Waals surface area contributed by atoms with Crippen molar-refractivity contribution >= 4 is 21.6 Å². The zero-order chi connectivity index (χ0) is 12.6. The largest absolute Gasteiger partial charge is 0.468 e. The second-order valence-corrected chi connectivity index (χ2v) is 4.08. The van der Waals surface area contributed by atoms with E-state index in [0.29, 0.717) is 10.4 Å². The Morgan fingerprint density at radius 3 is 2.76 bits per heavy atom. The molecule has 0 aliphatic carbocycles. The molecule has 0 aliphatic rings. The van der Waals surface area contributed by atoms with E-state index < -0.39 is 12.8 Å². The number of ether oxygens (including phenoxy) is 1. The van der Waals surface area contributed by atoms with E-state index in [2.05, 4.69) is 30.7 Å². The molecule has 0 amide bonds. The maximum absolute atomic E-state index is 12.0. The van der Waals surface area contributed by atoms with Gasteiger partial charge in [-0.2, -0.15) is 17.7 Å². The summed E-state index contributed by atoms with van der Waals surface area (Å²) in [5, 5.41) is 3.90. The molecule has 2 aromatic heterocycles. The van der Waals surface area contributed by atoms with Crippen molar-refractivity contribution < 1.29 is 17.9 Å². The zero-order valence-corrected chi connectivity index (χ0v) is 10.2. The highest BCUT2D eigenvalue weighted by Gasteiger charge is 2.29. The third-order valence-electron chi connectivity index (χ3n) is 2.00. The number of halogens is 4. The van der Waals surface area contributed by atoms with E-state index in [9.17, 15) is 13.2 Å². The molecule has 0 N–H and O–H groups in total. The normalized spacial score (nSPS) is 12.1. The minimum absolute atomic E-state index is 0.00104. The minimum Gasteiger partial charge on any atom is -0.468 e. The zero-order valence-electron chi connectivity index (χ0n) is 8.62. The van der Waals surface area contributed by atoms with Gasteiger partial charge in [0.1, 0.15) is 0 Å². The molecular formula is C9H7BrF3N3O. The quantitative estimate of drug-likeness (QED) is 0.856. The molecule has 2 heterocycles. The van der Waals surface area contributed by atoms with E-state index in [0.717, 1.165) is 5.56 Å². The van der Waals surface area contributed by atoms with Gasteiger partial charge in [-0.25, -0.2) is 4.98 Å². The fraction of sp³-hybridized carbons (Fsp3) is 0.333. The Bertz CT molecular complexity index is 552. The van der Waals surface area contributed by atoms with E-state index in [1.165, 1.54) is 10.6 Å². The molecule has 2 aromatic rings. The number of hydrogen-bond acceptors (Lipinski definition) is 3. The van der Waals surface area contributed by atoms with Gasteiger partial charge in [0.25, 0.3) is 0 Å². The van der Waals surface area contributed by atoms with Crippen molar-refractivity contribution in [2.45, 2.75) is 13.1 Å². The van der Waals surface area contributed by atoms with E-state index in [1.807, 2.05) is 0 Å². The van der Waals surface area contributed by atoms with Crippen molar-refractivity contribution in [3.8, 4) is 5.88 Å². The Morgan fingerprint density at radius 1 is 1.41 bits per heavy atom. The molecule has 0 unspecified atom stereocenters. The Hall–Kier alpha value is -1.31. The number of hydrogen-bond donors (Lipinski definition) is 0. The van der Waals surface area contributed by atoms with Crippen LogP contribution in [0.5, 0.6) is 5.88 Å². The molecule has 0 aliphatic heterocycles. The lowest BCUT2D eigenvalue weighted by atomic mass is 10.3. The summed E-state index contributed by atoms with van der Waals surface area (Å²) >= 11 is 3.06. The first kappa shape index (κ1) is 12.2. The topological polar surface area (TPSA) is 39.4 Å². The van der Waals surface area contributed by atoms with Crippen LogP contribution < -0.4 is 4.74 Å². The van der Waals surface area contributed by atoms with Gasteiger partial charge in [0.05, 0.1) is 0 Å². The lowest BCUT2D eigenvalue weighted by Crippen LogP contribution is -2.20. The number of aromatic nitrogens is 3. The fourth-order valence-electron chi connectivity index (χ4n) is 1.30. The van der Waals surface area contributed by atoms with Gasteiger partial charge in [0.15, 0.2) is 12.3 Å². The van der Waals surface area contributed by atoms with E-state index >= 15 is 0 Å². The van der Waals surface area contributed by atoms with Crippen LogP contribution in [-0.4, -0.2) is 27.4 Å². The summed E-state index contributed by atoms with van der Waals surface area (Å²) in [5.41, 5.74) is 1.25. The number of alkyl halides is 3. The van der Waals surface area contributed by atoms with Crippen LogP contribution in [0.1, 0.15) is 5.56 Å². The predicted octanol–water partition coefficient (Wildman–Crippen LogP) is 2.74. The lowest BCUT2D eigenvalue weighted by Gasteiger charge is -2.10. The first-order chi connectivity index (χ1) is 7.87. The molecule has 8 heteroatoms. The molecule has 0 fully saturated rings. The van der Waals surface area contributed by atoms with Crippen LogP contribution in [0.15, 0.2) is 16.9 Å². The fourth-order valence-corrected chi connectivity index (χ4v) is 1.63. The van der Waals surface area contributed by atoms with Gasteiger partial charge >= 0.3 is 6.18 Å². The minimum atomic E-state index is -4.38. The van der Waals surface area contributed by atoms with Crippen LogP contribution in [0.4, 0.5) is 13.2 Å². The number of nitrogens with zero attached hydrogens (tertiary/aromatic N) is 3. The molecule has 2 rings (SSSR count). The SMILES string of the molecule is Cc1ccc(OCC(F)(F)F)n2nc(Br)nc12. The monoisotopic (exact) mass is 309 g/mol.